The number of benzene rings is 1. The van der Waals surface area contributed by atoms with Gasteiger partial charge in [-0.1, -0.05) is 19.3 Å². The van der Waals surface area contributed by atoms with Gasteiger partial charge in [0, 0.05) is 5.69 Å². The van der Waals surface area contributed by atoms with Gasteiger partial charge in [-0.3, -0.25) is 0 Å². The number of carbonyl (C=O) groups excluding carboxylic acids is 1. The number of rotatable bonds is 6. The number of hydrogen-bond acceptors (Lipinski definition) is 3. The topological polar surface area (TPSA) is 38.3 Å². The standard InChI is InChI=1S/C17H24FNO2/c1-4-21-16(20)17(3,11-13-6-5-7-13)19-15-9-12(2)8-14(18)10-15/h8-10,13,19H,4-7,11H2,1-3H3. The van der Waals surface area contributed by atoms with E-state index < -0.39 is 5.54 Å². The number of ether oxygens (including phenoxy) is 1. The number of anilines is 1. The number of aryl methyl sites for hydroxylation is 1. The van der Waals surface area contributed by atoms with Crippen LogP contribution >= 0.6 is 0 Å². The third-order valence-corrected chi connectivity index (χ3v) is 4.11. The first-order chi connectivity index (χ1) is 9.93. The quantitative estimate of drug-likeness (QED) is 0.804. The summed E-state index contributed by atoms with van der Waals surface area (Å²) in [6.45, 7) is 5.84. The van der Waals surface area contributed by atoms with E-state index in [9.17, 15) is 9.18 Å². The largest absolute Gasteiger partial charge is 0.464 e. The van der Waals surface area contributed by atoms with Gasteiger partial charge in [0.1, 0.15) is 11.4 Å². The van der Waals surface area contributed by atoms with E-state index in [4.69, 9.17) is 4.74 Å². The minimum Gasteiger partial charge on any atom is -0.464 e. The Morgan fingerprint density at radius 2 is 2.14 bits per heavy atom. The van der Waals surface area contributed by atoms with Crippen molar-refractivity contribution in [3.05, 3.63) is 29.6 Å². The van der Waals surface area contributed by atoms with Crippen LogP contribution in [0.3, 0.4) is 0 Å². The van der Waals surface area contributed by atoms with Crippen LogP contribution in [-0.4, -0.2) is 18.1 Å². The molecule has 1 unspecified atom stereocenters. The molecular formula is C17H24FNO2. The van der Waals surface area contributed by atoms with Crippen molar-refractivity contribution in [2.24, 2.45) is 5.92 Å². The lowest BCUT2D eigenvalue weighted by Gasteiger charge is -2.36. The molecule has 0 bridgehead atoms. The van der Waals surface area contributed by atoms with Crippen LogP contribution < -0.4 is 5.32 Å². The zero-order valence-electron chi connectivity index (χ0n) is 13.0. The second-order valence-electron chi connectivity index (χ2n) is 6.20. The normalized spacial score (nSPS) is 17.7. The SMILES string of the molecule is CCOC(=O)C(C)(CC1CCC1)Nc1cc(C)cc(F)c1. The number of halogens is 1. The molecular weight excluding hydrogens is 269 g/mol. The molecule has 1 atom stereocenters. The summed E-state index contributed by atoms with van der Waals surface area (Å²) in [4.78, 5) is 12.3. The summed E-state index contributed by atoms with van der Waals surface area (Å²) in [6, 6.07) is 4.74. The molecule has 2 rings (SSSR count). The highest BCUT2D eigenvalue weighted by Gasteiger charge is 2.38. The molecule has 0 amide bonds. The van der Waals surface area contributed by atoms with Gasteiger partial charge < -0.3 is 10.1 Å². The number of esters is 1. The molecule has 1 fully saturated rings. The molecule has 1 aliphatic carbocycles. The maximum Gasteiger partial charge on any atom is 0.331 e. The van der Waals surface area contributed by atoms with Gasteiger partial charge in [0.25, 0.3) is 0 Å². The number of carbonyl (C=O) groups is 1. The van der Waals surface area contributed by atoms with E-state index in [1.165, 1.54) is 18.6 Å². The smallest absolute Gasteiger partial charge is 0.331 e. The summed E-state index contributed by atoms with van der Waals surface area (Å²) in [7, 11) is 0. The summed E-state index contributed by atoms with van der Waals surface area (Å²) < 4.78 is 18.8. The van der Waals surface area contributed by atoms with Gasteiger partial charge in [0.15, 0.2) is 0 Å². The zero-order chi connectivity index (χ0) is 15.5. The Balaban J connectivity index is 2.19. The Labute approximate surface area is 125 Å². The maximum atomic E-state index is 13.5. The molecule has 3 nitrogen and oxygen atoms in total. The Kier molecular flexibility index (Phi) is 4.86. The fraction of sp³-hybridized carbons (Fsp3) is 0.588. The Morgan fingerprint density at radius 1 is 1.43 bits per heavy atom. The van der Waals surface area contributed by atoms with E-state index in [1.54, 1.807) is 6.92 Å². The van der Waals surface area contributed by atoms with Crippen molar-refractivity contribution in [3.63, 3.8) is 0 Å². The van der Waals surface area contributed by atoms with Crippen molar-refractivity contribution in [2.75, 3.05) is 11.9 Å². The Hall–Kier alpha value is -1.58. The van der Waals surface area contributed by atoms with Crippen LogP contribution in [0.2, 0.25) is 0 Å². The molecule has 0 radical (unpaired) electrons. The van der Waals surface area contributed by atoms with Crippen LogP contribution in [0.4, 0.5) is 10.1 Å². The lowest BCUT2D eigenvalue weighted by molar-refractivity contribution is -0.148. The van der Waals surface area contributed by atoms with Gasteiger partial charge >= 0.3 is 5.97 Å². The predicted molar refractivity (Wildman–Crippen MR) is 81.8 cm³/mol. The molecule has 0 aromatic heterocycles. The van der Waals surface area contributed by atoms with Crippen LogP contribution in [0, 0.1) is 18.7 Å². The van der Waals surface area contributed by atoms with Crippen LogP contribution in [0.1, 0.15) is 45.1 Å². The van der Waals surface area contributed by atoms with Crippen LogP contribution in [-0.2, 0) is 9.53 Å². The van der Waals surface area contributed by atoms with Crippen molar-refractivity contribution < 1.29 is 13.9 Å². The molecule has 1 aromatic carbocycles. The zero-order valence-corrected chi connectivity index (χ0v) is 13.0. The first-order valence-corrected chi connectivity index (χ1v) is 7.65. The first kappa shape index (κ1) is 15.8. The van der Waals surface area contributed by atoms with E-state index in [0.717, 1.165) is 24.8 Å². The summed E-state index contributed by atoms with van der Waals surface area (Å²) in [5.74, 6) is -0.0206. The van der Waals surface area contributed by atoms with Gasteiger partial charge in [-0.2, -0.15) is 0 Å². The van der Waals surface area contributed by atoms with E-state index >= 15 is 0 Å². The molecule has 21 heavy (non-hydrogen) atoms. The van der Waals surface area contributed by atoms with Gasteiger partial charge in [-0.05, 0) is 56.9 Å². The van der Waals surface area contributed by atoms with Crippen molar-refractivity contribution in [3.8, 4) is 0 Å². The minimum absolute atomic E-state index is 0.265. The molecule has 0 saturated heterocycles. The monoisotopic (exact) mass is 293 g/mol. The summed E-state index contributed by atoms with van der Waals surface area (Å²) in [6.07, 6.45) is 4.25. The molecule has 1 aliphatic rings. The van der Waals surface area contributed by atoms with Crippen molar-refractivity contribution in [1.29, 1.82) is 0 Å². The van der Waals surface area contributed by atoms with E-state index in [-0.39, 0.29) is 11.8 Å². The fourth-order valence-corrected chi connectivity index (χ4v) is 2.88. The van der Waals surface area contributed by atoms with Crippen LogP contribution in [0.25, 0.3) is 0 Å². The average molecular weight is 293 g/mol. The molecule has 1 N–H and O–H groups in total. The molecule has 4 heteroatoms. The van der Waals surface area contributed by atoms with Gasteiger partial charge in [0.05, 0.1) is 6.61 Å². The molecule has 0 spiro atoms. The van der Waals surface area contributed by atoms with E-state index in [0.29, 0.717) is 18.2 Å². The lowest BCUT2D eigenvalue weighted by Crippen LogP contribution is -2.47. The summed E-state index contributed by atoms with van der Waals surface area (Å²) in [5.41, 5.74) is 0.649. The molecule has 1 saturated carbocycles. The summed E-state index contributed by atoms with van der Waals surface area (Å²) >= 11 is 0. The second kappa shape index (κ2) is 6.46. The van der Waals surface area contributed by atoms with E-state index in [1.807, 2.05) is 19.9 Å². The maximum absolute atomic E-state index is 13.5. The van der Waals surface area contributed by atoms with Crippen molar-refractivity contribution >= 4 is 11.7 Å². The average Bonchev–Trinajstić information content (AvgIpc) is 2.33. The fourth-order valence-electron chi connectivity index (χ4n) is 2.88. The Bertz CT molecular complexity index is 493. The lowest BCUT2D eigenvalue weighted by atomic mass is 9.76. The summed E-state index contributed by atoms with van der Waals surface area (Å²) in [5, 5.41) is 3.21. The highest BCUT2D eigenvalue weighted by atomic mass is 19.1. The Morgan fingerprint density at radius 3 is 2.67 bits per heavy atom. The minimum atomic E-state index is -0.804. The highest BCUT2D eigenvalue weighted by Crippen LogP contribution is 2.36. The van der Waals surface area contributed by atoms with Gasteiger partial charge in [0.2, 0.25) is 0 Å². The van der Waals surface area contributed by atoms with Crippen molar-refractivity contribution in [1.82, 2.24) is 0 Å². The molecule has 1 aromatic rings. The van der Waals surface area contributed by atoms with Crippen LogP contribution in [0.15, 0.2) is 18.2 Å². The first-order valence-electron chi connectivity index (χ1n) is 7.65. The van der Waals surface area contributed by atoms with Crippen molar-refractivity contribution in [2.45, 2.75) is 52.0 Å². The molecule has 0 heterocycles. The third kappa shape index (κ3) is 3.96. The molecule has 0 aliphatic heterocycles. The predicted octanol–water partition coefficient (Wildman–Crippen LogP) is 4.06. The van der Waals surface area contributed by atoms with E-state index in [2.05, 4.69) is 5.32 Å². The highest BCUT2D eigenvalue weighted by molar-refractivity contribution is 5.84. The van der Waals surface area contributed by atoms with Gasteiger partial charge in [-0.15, -0.1) is 0 Å². The molecule has 116 valence electrons. The van der Waals surface area contributed by atoms with Crippen LogP contribution in [0.5, 0.6) is 0 Å². The number of nitrogens with one attached hydrogen (secondary N) is 1. The number of hydrogen-bond donors (Lipinski definition) is 1. The van der Waals surface area contributed by atoms with Gasteiger partial charge in [-0.25, -0.2) is 9.18 Å². The third-order valence-electron chi connectivity index (χ3n) is 4.11. The second-order valence-corrected chi connectivity index (χ2v) is 6.20.